The summed E-state index contributed by atoms with van der Waals surface area (Å²) in [6.45, 7) is 4.66. The minimum atomic E-state index is -4.01. The second kappa shape index (κ2) is 12.4. The monoisotopic (exact) mass is 584 g/mol. The summed E-state index contributed by atoms with van der Waals surface area (Å²) in [7, 11) is -4.01. The fraction of sp³-hybridized carbons (Fsp3) is 0.382. The van der Waals surface area contributed by atoms with Crippen LogP contribution in [-0.2, 0) is 14.8 Å². The Balaban J connectivity index is 1.48. The van der Waals surface area contributed by atoms with E-state index < -0.39 is 16.1 Å². The number of nitrogens with one attached hydrogen (secondary N) is 1. The molecule has 1 N–H and O–H groups in total. The summed E-state index contributed by atoms with van der Waals surface area (Å²) in [6.07, 6.45) is 4.09. The number of rotatable bonds is 11. The van der Waals surface area contributed by atoms with Crippen molar-refractivity contribution < 1.29 is 13.2 Å². The molecule has 0 spiro atoms. The SMILES string of the molecule is CC(C1CCCN1)n1c(S(=O)(=O)N(CCCN2CCCC2=O)C(c2ccccc2)c2ccccc2)cc2ccccc21. The van der Waals surface area contributed by atoms with Gasteiger partial charge in [-0.25, -0.2) is 8.42 Å². The van der Waals surface area contributed by atoms with Gasteiger partial charge in [-0.15, -0.1) is 0 Å². The molecule has 2 aliphatic heterocycles. The molecule has 42 heavy (non-hydrogen) atoms. The maximum atomic E-state index is 15.1. The molecule has 2 fully saturated rings. The number of aromatic nitrogens is 1. The van der Waals surface area contributed by atoms with Crippen molar-refractivity contribution in [2.45, 2.75) is 62.2 Å². The number of benzene rings is 3. The van der Waals surface area contributed by atoms with E-state index in [2.05, 4.69) is 12.2 Å². The lowest BCUT2D eigenvalue weighted by Crippen LogP contribution is -2.40. The van der Waals surface area contributed by atoms with Crippen LogP contribution in [0, 0.1) is 0 Å². The quantitative estimate of drug-likeness (QED) is 0.244. The van der Waals surface area contributed by atoms with Crippen molar-refractivity contribution in [1.29, 1.82) is 0 Å². The van der Waals surface area contributed by atoms with Crippen molar-refractivity contribution >= 4 is 26.8 Å². The van der Waals surface area contributed by atoms with Crippen LogP contribution in [0.4, 0.5) is 0 Å². The van der Waals surface area contributed by atoms with Gasteiger partial charge >= 0.3 is 0 Å². The van der Waals surface area contributed by atoms with Gasteiger partial charge < -0.3 is 14.8 Å². The number of hydrogen-bond donors (Lipinski definition) is 1. The van der Waals surface area contributed by atoms with E-state index >= 15 is 8.42 Å². The van der Waals surface area contributed by atoms with Crippen molar-refractivity contribution in [3.8, 4) is 0 Å². The number of nitrogens with zero attached hydrogens (tertiary/aromatic N) is 3. The second-order valence-electron chi connectivity index (χ2n) is 11.5. The first-order valence-corrected chi connectivity index (χ1v) is 16.6. The molecule has 2 saturated heterocycles. The van der Waals surface area contributed by atoms with Gasteiger partial charge in [-0.05, 0) is 62.4 Å². The van der Waals surface area contributed by atoms with Crippen LogP contribution >= 0.6 is 0 Å². The molecule has 0 saturated carbocycles. The average Bonchev–Trinajstić information content (AvgIpc) is 3.78. The lowest BCUT2D eigenvalue weighted by molar-refractivity contribution is -0.127. The van der Waals surface area contributed by atoms with E-state index in [0.29, 0.717) is 24.4 Å². The molecule has 220 valence electrons. The van der Waals surface area contributed by atoms with Crippen LogP contribution in [0.3, 0.4) is 0 Å². The van der Waals surface area contributed by atoms with Gasteiger partial charge in [0.2, 0.25) is 5.91 Å². The highest BCUT2D eigenvalue weighted by atomic mass is 32.2. The van der Waals surface area contributed by atoms with Crippen molar-refractivity contribution in [1.82, 2.24) is 19.1 Å². The van der Waals surface area contributed by atoms with Gasteiger partial charge in [0.15, 0.2) is 5.03 Å². The zero-order chi connectivity index (χ0) is 29.1. The number of fused-ring (bicyclic) bond motifs is 1. The summed E-state index contributed by atoms with van der Waals surface area (Å²) in [6, 6.07) is 29.2. The molecule has 8 heteroatoms. The molecule has 2 unspecified atom stereocenters. The number of amides is 1. The zero-order valence-corrected chi connectivity index (χ0v) is 25.0. The first kappa shape index (κ1) is 28.6. The molecule has 4 aromatic rings. The predicted octanol–water partition coefficient (Wildman–Crippen LogP) is 5.75. The Morgan fingerprint density at radius 2 is 1.60 bits per heavy atom. The Morgan fingerprint density at radius 1 is 0.929 bits per heavy atom. The molecule has 0 radical (unpaired) electrons. The second-order valence-corrected chi connectivity index (χ2v) is 13.4. The smallest absolute Gasteiger partial charge is 0.259 e. The third kappa shape index (κ3) is 5.63. The van der Waals surface area contributed by atoms with Crippen molar-refractivity contribution in [3.63, 3.8) is 0 Å². The first-order chi connectivity index (χ1) is 20.4. The van der Waals surface area contributed by atoms with Crippen LogP contribution in [0.5, 0.6) is 0 Å². The number of para-hydroxylation sites is 1. The Hall–Kier alpha value is -3.46. The van der Waals surface area contributed by atoms with Gasteiger partial charge in [0.25, 0.3) is 10.0 Å². The van der Waals surface area contributed by atoms with Gasteiger partial charge in [-0.3, -0.25) is 4.79 Å². The molecule has 0 aliphatic carbocycles. The summed E-state index contributed by atoms with van der Waals surface area (Å²) < 4.78 is 34.0. The number of sulfonamides is 1. The molecule has 3 aromatic carbocycles. The van der Waals surface area contributed by atoms with E-state index in [4.69, 9.17) is 0 Å². The molecular formula is C34H40N4O3S. The summed E-state index contributed by atoms with van der Waals surface area (Å²) in [5.41, 5.74) is 2.76. The van der Waals surface area contributed by atoms with Gasteiger partial charge in [-0.2, -0.15) is 4.31 Å². The van der Waals surface area contributed by atoms with Crippen molar-refractivity contribution in [2.75, 3.05) is 26.2 Å². The number of likely N-dealkylation sites (tertiary alicyclic amines) is 1. The lowest BCUT2D eigenvalue weighted by Gasteiger charge is -2.33. The summed E-state index contributed by atoms with van der Waals surface area (Å²) in [5, 5.41) is 4.83. The zero-order valence-electron chi connectivity index (χ0n) is 24.2. The summed E-state index contributed by atoms with van der Waals surface area (Å²) in [5.74, 6) is 0.157. The molecule has 1 aromatic heterocycles. The van der Waals surface area contributed by atoms with Crippen LogP contribution in [0.2, 0.25) is 0 Å². The highest BCUT2D eigenvalue weighted by molar-refractivity contribution is 7.89. The predicted molar refractivity (Wildman–Crippen MR) is 167 cm³/mol. The fourth-order valence-corrected chi connectivity index (χ4v) is 8.65. The minimum absolute atomic E-state index is 0.0480. The Kier molecular flexibility index (Phi) is 8.47. The maximum absolute atomic E-state index is 15.1. The van der Waals surface area contributed by atoms with Gasteiger partial charge in [0, 0.05) is 49.0 Å². The van der Waals surface area contributed by atoms with Gasteiger partial charge in [0.1, 0.15) is 0 Å². The first-order valence-electron chi connectivity index (χ1n) is 15.2. The van der Waals surface area contributed by atoms with Gasteiger partial charge in [-0.1, -0.05) is 78.9 Å². The van der Waals surface area contributed by atoms with Crippen LogP contribution in [0.25, 0.3) is 10.9 Å². The number of carbonyl (C=O) groups is 1. The Bertz CT molecular complexity index is 1580. The lowest BCUT2D eigenvalue weighted by atomic mass is 9.98. The minimum Gasteiger partial charge on any atom is -0.343 e. The standard InChI is InChI=1S/C34H40N4O3S/c1-26(30-18-10-21-35-30)38-31-19-9-8-17-29(31)25-33(38)42(40,41)37(24-12-23-36-22-11-20-32(36)39)34(27-13-4-2-5-14-27)28-15-6-3-7-16-28/h2-9,13-17,19,25-26,30,34-35H,10-12,18,20-24H2,1H3. The molecular weight excluding hydrogens is 544 g/mol. The fourth-order valence-electron chi connectivity index (χ4n) is 6.73. The average molecular weight is 585 g/mol. The Labute approximate surface area is 249 Å². The van der Waals surface area contributed by atoms with Crippen LogP contribution < -0.4 is 5.32 Å². The highest BCUT2D eigenvalue weighted by Crippen LogP contribution is 2.38. The molecule has 7 nitrogen and oxygen atoms in total. The molecule has 0 bridgehead atoms. The number of carbonyl (C=O) groups excluding carboxylic acids is 1. The summed E-state index contributed by atoms with van der Waals surface area (Å²) >= 11 is 0. The van der Waals surface area contributed by atoms with Gasteiger partial charge in [0.05, 0.1) is 6.04 Å². The number of hydrogen-bond acceptors (Lipinski definition) is 4. The van der Waals surface area contributed by atoms with E-state index in [-0.39, 0.29) is 24.5 Å². The van der Waals surface area contributed by atoms with E-state index in [1.807, 2.05) is 100 Å². The van der Waals surface area contributed by atoms with Crippen molar-refractivity contribution in [2.24, 2.45) is 0 Å². The topological polar surface area (TPSA) is 74.7 Å². The molecule has 2 aliphatic rings. The van der Waals surface area contributed by atoms with Crippen LogP contribution in [-0.4, -0.2) is 60.3 Å². The van der Waals surface area contributed by atoms with E-state index in [1.165, 1.54) is 0 Å². The molecule has 1 amide bonds. The van der Waals surface area contributed by atoms with Crippen LogP contribution in [0.15, 0.2) is 96.0 Å². The molecule has 3 heterocycles. The highest BCUT2D eigenvalue weighted by Gasteiger charge is 2.38. The van der Waals surface area contributed by atoms with Crippen LogP contribution in [0.1, 0.15) is 62.2 Å². The van der Waals surface area contributed by atoms with Crippen molar-refractivity contribution in [3.05, 3.63) is 102 Å². The van der Waals surface area contributed by atoms with E-state index in [9.17, 15) is 4.79 Å². The third-order valence-electron chi connectivity index (χ3n) is 8.87. The summed E-state index contributed by atoms with van der Waals surface area (Å²) in [4.78, 5) is 14.2. The Morgan fingerprint density at radius 3 is 2.21 bits per heavy atom. The molecule has 6 rings (SSSR count). The third-order valence-corrected chi connectivity index (χ3v) is 10.7. The van der Waals surface area contributed by atoms with E-state index in [0.717, 1.165) is 54.4 Å². The maximum Gasteiger partial charge on any atom is 0.259 e. The normalized spacial score (nSPS) is 18.5. The molecule has 2 atom stereocenters. The van der Waals surface area contributed by atoms with E-state index in [1.54, 1.807) is 4.31 Å². The largest absolute Gasteiger partial charge is 0.343 e.